The summed E-state index contributed by atoms with van der Waals surface area (Å²) >= 11 is 1.76. The number of nitrogens with zero attached hydrogens (tertiary/aromatic N) is 2. The van der Waals surface area contributed by atoms with E-state index < -0.39 is 0 Å². The number of thiophene rings is 1. The topological polar surface area (TPSA) is 42.1 Å². The standard InChI is InChI=1S/C17H23N3S/c1-2-3-15-8-14(10-18)9-17(19-15)20(16-4-5-16)11-13-6-7-21-12-13/h6-9,12,16H,2-5,10-11,18H2,1H3. The first-order valence-electron chi connectivity index (χ1n) is 7.77. The number of aryl methyl sites for hydroxylation is 1. The molecule has 0 unspecified atom stereocenters. The van der Waals surface area contributed by atoms with Gasteiger partial charge in [0.1, 0.15) is 5.82 Å². The van der Waals surface area contributed by atoms with Crippen LogP contribution in [0.5, 0.6) is 0 Å². The summed E-state index contributed by atoms with van der Waals surface area (Å²) in [5, 5.41) is 4.38. The van der Waals surface area contributed by atoms with E-state index in [1.807, 2.05) is 0 Å². The minimum Gasteiger partial charge on any atom is -0.349 e. The minimum atomic E-state index is 0.587. The van der Waals surface area contributed by atoms with E-state index in [9.17, 15) is 0 Å². The maximum atomic E-state index is 5.87. The molecule has 0 saturated heterocycles. The largest absolute Gasteiger partial charge is 0.349 e. The van der Waals surface area contributed by atoms with E-state index in [0.717, 1.165) is 25.2 Å². The van der Waals surface area contributed by atoms with Crippen molar-refractivity contribution in [2.45, 2.75) is 51.7 Å². The van der Waals surface area contributed by atoms with Gasteiger partial charge >= 0.3 is 0 Å². The van der Waals surface area contributed by atoms with Crippen molar-refractivity contribution in [1.82, 2.24) is 4.98 Å². The Hall–Kier alpha value is -1.39. The Morgan fingerprint density at radius 2 is 2.19 bits per heavy atom. The fourth-order valence-corrected chi connectivity index (χ4v) is 3.30. The summed E-state index contributed by atoms with van der Waals surface area (Å²) in [6.07, 6.45) is 4.70. The first-order valence-corrected chi connectivity index (χ1v) is 8.72. The zero-order valence-electron chi connectivity index (χ0n) is 12.6. The van der Waals surface area contributed by atoms with Gasteiger partial charge in [0.05, 0.1) is 0 Å². The molecule has 2 aromatic heterocycles. The molecule has 1 aliphatic rings. The number of hydrogen-bond acceptors (Lipinski definition) is 4. The average molecular weight is 301 g/mol. The maximum absolute atomic E-state index is 5.87. The summed E-state index contributed by atoms with van der Waals surface area (Å²) in [4.78, 5) is 7.35. The van der Waals surface area contributed by atoms with E-state index in [1.165, 1.54) is 29.7 Å². The molecule has 2 heterocycles. The SMILES string of the molecule is CCCc1cc(CN)cc(N(Cc2ccsc2)C2CC2)n1. The molecule has 0 bridgehead atoms. The summed E-state index contributed by atoms with van der Waals surface area (Å²) in [6, 6.07) is 7.19. The van der Waals surface area contributed by atoms with Crippen molar-refractivity contribution in [1.29, 1.82) is 0 Å². The van der Waals surface area contributed by atoms with Crippen LogP contribution < -0.4 is 10.6 Å². The van der Waals surface area contributed by atoms with E-state index in [2.05, 4.69) is 40.8 Å². The monoisotopic (exact) mass is 301 g/mol. The van der Waals surface area contributed by atoms with Crippen LogP contribution in [0.1, 0.15) is 43.0 Å². The van der Waals surface area contributed by atoms with Gasteiger partial charge in [0.2, 0.25) is 0 Å². The first-order chi connectivity index (χ1) is 10.3. The molecule has 3 nitrogen and oxygen atoms in total. The van der Waals surface area contributed by atoms with Gasteiger partial charge in [-0.15, -0.1) is 0 Å². The fourth-order valence-electron chi connectivity index (χ4n) is 2.65. The molecule has 3 rings (SSSR count). The molecule has 0 aliphatic heterocycles. The Kier molecular flexibility index (Phi) is 4.56. The third-order valence-electron chi connectivity index (χ3n) is 3.88. The highest BCUT2D eigenvalue weighted by Gasteiger charge is 2.30. The third kappa shape index (κ3) is 3.63. The van der Waals surface area contributed by atoms with Gasteiger partial charge in [-0.25, -0.2) is 4.98 Å². The van der Waals surface area contributed by atoms with Gasteiger partial charge in [-0.1, -0.05) is 13.3 Å². The van der Waals surface area contributed by atoms with Crippen LogP contribution in [0, 0.1) is 0 Å². The van der Waals surface area contributed by atoms with Gasteiger partial charge in [-0.2, -0.15) is 11.3 Å². The normalized spacial score (nSPS) is 14.4. The lowest BCUT2D eigenvalue weighted by molar-refractivity contribution is 0.766. The van der Waals surface area contributed by atoms with Crippen LogP contribution in [0.25, 0.3) is 0 Å². The molecule has 0 spiro atoms. The van der Waals surface area contributed by atoms with Crippen molar-refractivity contribution in [2.24, 2.45) is 5.73 Å². The van der Waals surface area contributed by atoms with Gasteiger partial charge in [0.15, 0.2) is 0 Å². The van der Waals surface area contributed by atoms with Crippen molar-refractivity contribution in [3.05, 3.63) is 45.8 Å². The Bertz CT molecular complexity index is 576. The van der Waals surface area contributed by atoms with Crippen molar-refractivity contribution in [3.8, 4) is 0 Å². The van der Waals surface area contributed by atoms with Crippen LogP contribution in [0.4, 0.5) is 5.82 Å². The summed E-state index contributed by atoms with van der Waals surface area (Å²) in [5.74, 6) is 1.11. The Balaban J connectivity index is 1.88. The molecule has 0 amide bonds. The van der Waals surface area contributed by atoms with Crippen molar-refractivity contribution < 1.29 is 0 Å². The Labute approximate surface area is 130 Å². The highest BCUT2D eigenvalue weighted by molar-refractivity contribution is 7.07. The first kappa shape index (κ1) is 14.5. The van der Waals surface area contributed by atoms with E-state index in [4.69, 9.17) is 10.7 Å². The van der Waals surface area contributed by atoms with Crippen LogP contribution in [-0.4, -0.2) is 11.0 Å². The van der Waals surface area contributed by atoms with Crippen LogP contribution in [0.15, 0.2) is 29.0 Å². The van der Waals surface area contributed by atoms with Crippen LogP contribution in [0.3, 0.4) is 0 Å². The predicted octanol–water partition coefficient (Wildman–Crippen LogP) is 3.72. The van der Waals surface area contributed by atoms with Crippen LogP contribution in [-0.2, 0) is 19.5 Å². The molecule has 0 aromatic carbocycles. The van der Waals surface area contributed by atoms with Gasteiger partial charge in [-0.05, 0) is 59.3 Å². The zero-order valence-corrected chi connectivity index (χ0v) is 13.4. The molecule has 1 saturated carbocycles. The van der Waals surface area contributed by atoms with E-state index >= 15 is 0 Å². The lowest BCUT2D eigenvalue weighted by atomic mass is 10.1. The molecule has 2 N–H and O–H groups in total. The van der Waals surface area contributed by atoms with Crippen LogP contribution >= 0.6 is 11.3 Å². The quantitative estimate of drug-likeness (QED) is 0.847. The highest BCUT2D eigenvalue weighted by Crippen LogP contribution is 2.33. The second-order valence-corrected chi connectivity index (χ2v) is 6.55. The second kappa shape index (κ2) is 6.58. The van der Waals surface area contributed by atoms with Gasteiger partial charge < -0.3 is 10.6 Å². The number of nitrogens with two attached hydrogens (primary N) is 1. The molecule has 0 radical (unpaired) electrons. The molecule has 1 fully saturated rings. The predicted molar refractivity (Wildman–Crippen MR) is 89.6 cm³/mol. The summed E-state index contributed by atoms with van der Waals surface area (Å²) in [7, 11) is 0. The number of hydrogen-bond donors (Lipinski definition) is 1. The number of pyridine rings is 1. The van der Waals surface area contributed by atoms with Crippen LogP contribution in [0.2, 0.25) is 0 Å². The van der Waals surface area contributed by atoms with Crippen molar-refractivity contribution in [2.75, 3.05) is 4.90 Å². The zero-order chi connectivity index (χ0) is 14.7. The lowest BCUT2D eigenvalue weighted by Gasteiger charge is -2.24. The van der Waals surface area contributed by atoms with Gasteiger partial charge in [-0.3, -0.25) is 0 Å². The second-order valence-electron chi connectivity index (χ2n) is 5.77. The lowest BCUT2D eigenvalue weighted by Crippen LogP contribution is -2.26. The Morgan fingerprint density at radius 1 is 1.33 bits per heavy atom. The Morgan fingerprint density at radius 3 is 2.81 bits per heavy atom. The molecule has 112 valence electrons. The van der Waals surface area contributed by atoms with E-state index in [-0.39, 0.29) is 0 Å². The smallest absolute Gasteiger partial charge is 0.129 e. The molecule has 1 aliphatic carbocycles. The number of aromatic nitrogens is 1. The minimum absolute atomic E-state index is 0.587. The highest BCUT2D eigenvalue weighted by atomic mass is 32.1. The molecular weight excluding hydrogens is 278 g/mol. The van der Waals surface area contributed by atoms with Gasteiger partial charge in [0, 0.05) is 24.8 Å². The third-order valence-corrected chi connectivity index (χ3v) is 4.61. The van der Waals surface area contributed by atoms with Crippen molar-refractivity contribution in [3.63, 3.8) is 0 Å². The number of anilines is 1. The summed E-state index contributed by atoms with van der Waals surface area (Å²) in [5.41, 5.74) is 9.61. The molecule has 2 aromatic rings. The molecular formula is C17H23N3S. The molecule has 21 heavy (non-hydrogen) atoms. The number of rotatable bonds is 7. The van der Waals surface area contributed by atoms with E-state index in [0.29, 0.717) is 12.6 Å². The molecule has 0 atom stereocenters. The van der Waals surface area contributed by atoms with Crippen molar-refractivity contribution >= 4 is 17.2 Å². The summed E-state index contributed by atoms with van der Waals surface area (Å²) < 4.78 is 0. The average Bonchev–Trinajstić information content (AvgIpc) is 3.21. The molecule has 4 heteroatoms. The van der Waals surface area contributed by atoms with Gasteiger partial charge in [0.25, 0.3) is 0 Å². The van der Waals surface area contributed by atoms with E-state index in [1.54, 1.807) is 11.3 Å². The summed E-state index contributed by atoms with van der Waals surface area (Å²) in [6.45, 7) is 3.74. The maximum Gasteiger partial charge on any atom is 0.129 e. The fraction of sp³-hybridized carbons (Fsp3) is 0.471.